The Balaban J connectivity index is 2.06. The van der Waals surface area contributed by atoms with Gasteiger partial charge in [0.05, 0.1) is 0 Å². The standard InChI is InChI=1S/C14H19N3/c1-16-13(10-15)9-11-8-12(4-5-14(11)16)17-6-2-3-7-17/h4-5,8-9H,2-3,6-7,10,15H2,1H3. The summed E-state index contributed by atoms with van der Waals surface area (Å²) in [6.07, 6.45) is 2.64. The van der Waals surface area contributed by atoms with Gasteiger partial charge in [-0.25, -0.2) is 0 Å². The second-order valence-corrected chi connectivity index (χ2v) is 4.84. The van der Waals surface area contributed by atoms with Crippen LogP contribution in [0.4, 0.5) is 5.69 Å². The molecule has 0 amide bonds. The van der Waals surface area contributed by atoms with Crippen molar-refractivity contribution >= 4 is 16.6 Å². The molecule has 0 saturated carbocycles. The molecule has 0 spiro atoms. The Bertz CT molecular complexity index is 536. The van der Waals surface area contributed by atoms with E-state index in [-0.39, 0.29) is 0 Å². The van der Waals surface area contributed by atoms with E-state index in [0.29, 0.717) is 6.54 Å². The number of nitrogens with two attached hydrogens (primary N) is 1. The summed E-state index contributed by atoms with van der Waals surface area (Å²) in [4.78, 5) is 2.47. The summed E-state index contributed by atoms with van der Waals surface area (Å²) in [5.41, 5.74) is 9.56. The van der Waals surface area contributed by atoms with Crippen molar-refractivity contribution < 1.29 is 0 Å². The zero-order valence-corrected chi connectivity index (χ0v) is 10.3. The lowest BCUT2D eigenvalue weighted by Crippen LogP contribution is -2.17. The number of aryl methyl sites for hydroxylation is 1. The number of hydrogen-bond donors (Lipinski definition) is 1. The Morgan fingerprint density at radius 3 is 2.65 bits per heavy atom. The predicted octanol–water partition coefficient (Wildman–Crippen LogP) is 2.24. The number of hydrogen-bond acceptors (Lipinski definition) is 2. The molecular formula is C14H19N3. The Morgan fingerprint density at radius 2 is 1.94 bits per heavy atom. The third-order valence-electron chi connectivity index (χ3n) is 3.81. The lowest BCUT2D eigenvalue weighted by atomic mass is 10.2. The van der Waals surface area contributed by atoms with Crippen LogP contribution in [0.25, 0.3) is 10.9 Å². The molecule has 0 radical (unpaired) electrons. The molecule has 3 nitrogen and oxygen atoms in total. The topological polar surface area (TPSA) is 34.2 Å². The van der Waals surface area contributed by atoms with Crippen LogP contribution in [0, 0.1) is 0 Å². The number of anilines is 1. The number of nitrogens with zero attached hydrogens (tertiary/aromatic N) is 2. The maximum atomic E-state index is 5.74. The third-order valence-corrected chi connectivity index (χ3v) is 3.81. The molecule has 17 heavy (non-hydrogen) atoms. The molecule has 90 valence electrons. The van der Waals surface area contributed by atoms with Gasteiger partial charge >= 0.3 is 0 Å². The third kappa shape index (κ3) is 1.71. The van der Waals surface area contributed by atoms with Crippen LogP contribution in [0.2, 0.25) is 0 Å². The molecule has 0 bridgehead atoms. The summed E-state index contributed by atoms with van der Waals surface area (Å²) in [7, 11) is 2.08. The molecule has 1 fully saturated rings. The zero-order chi connectivity index (χ0) is 11.8. The van der Waals surface area contributed by atoms with Gasteiger partial charge in [-0.15, -0.1) is 0 Å². The van der Waals surface area contributed by atoms with Crippen LogP contribution in [0.5, 0.6) is 0 Å². The average molecular weight is 229 g/mol. The minimum Gasteiger partial charge on any atom is -0.372 e. The summed E-state index contributed by atoms with van der Waals surface area (Å²) >= 11 is 0. The second kappa shape index (κ2) is 4.08. The lowest BCUT2D eigenvalue weighted by Gasteiger charge is -2.17. The van der Waals surface area contributed by atoms with E-state index >= 15 is 0 Å². The van der Waals surface area contributed by atoms with Crippen molar-refractivity contribution in [2.24, 2.45) is 12.8 Å². The molecule has 0 unspecified atom stereocenters. The van der Waals surface area contributed by atoms with E-state index in [0.717, 1.165) is 0 Å². The molecule has 1 aromatic carbocycles. The number of aromatic nitrogens is 1. The molecule has 1 saturated heterocycles. The Labute approximate surface area is 102 Å². The van der Waals surface area contributed by atoms with E-state index in [1.165, 1.54) is 48.2 Å². The first kappa shape index (κ1) is 10.7. The molecule has 3 rings (SSSR count). The van der Waals surface area contributed by atoms with Crippen LogP contribution in [-0.4, -0.2) is 17.7 Å². The molecular weight excluding hydrogens is 210 g/mol. The fourth-order valence-electron chi connectivity index (χ4n) is 2.76. The average Bonchev–Trinajstić information content (AvgIpc) is 2.97. The molecule has 2 heterocycles. The quantitative estimate of drug-likeness (QED) is 0.857. The smallest absolute Gasteiger partial charge is 0.0481 e. The van der Waals surface area contributed by atoms with Gasteiger partial charge in [0, 0.05) is 49.0 Å². The molecule has 1 aromatic heterocycles. The minimum atomic E-state index is 0.601. The van der Waals surface area contributed by atoms with Crippen LogP contribution < -0.4 is 10.6 Å². The SMILES string of the molecule is Cn1c(CN)cc2cc(N3CCCC3)ccc21. The van der Waals surface area contributed by atoms with Gasteiger partial charge in [0.15, 0.2) is 0 Å². The minimum absolute atomic E-state index is 0.601. The van der Waals surface area contributed by atoms with Gasteiger partial charge in [-0.3, -0.25) is 0 Å². The Kier molecular flexibility index (Phi) is 2.56. The molecule has 1 aliphatic rings. The number of rotatable bonds is 2. The van der Waals surface area contributed by atoms with Crippen molar-refractivity contribution in [1.82, 2.24) is 4.57 Å². The van der Waals surface area contributed by atoms with E-state index < -0.39 is 0 Å². The van der Waals surface area contributed by atoms with Gasteiger partial charge < -0.3 is 15.2 Å². The van der Waals surface area contributed by atoms with E-state index in [2.05, 4.69) is 40.8 Å². The number of fused-ring (bicyclic) bond motifs is 1. The second-order valence-electron chi connectivity index (χ2n) is 4.84. The van der Waals surface area contributed by atoms with Gasteiger partial charge in [-0.2, -0.15) is 0 Å². The zero-order valence-electron chi connectivity index (χ0n) is 10.3. The van der Waals surface area contributed by atoms with Crippen molar-refractivity contribution in [1.29, 1.82) is 0 Å². The summed E-state index contributed by atoms with van der Waals surface area (Å²) in [5, 5.41) is 1.30. The van der Waals surface area contributed by atoms with Gasteiger partial charge in [-0.05, 0) is 37.1 Å². The van der Waals surface area contributed by atoms with E-state index in [1.807, 2.05) is 0 Å². The fraction of sp³-hybridized carbons (Fsp3) is 0.429. The van der Waals surface area contributed by atoms with Gasteiger partial charge in [0.25, 0.3) is 0 Å². The van der Waals surface area contributed by atoms with Crippen LogP contribution in [0.3, 0.4) is 0 Å². The van der Waals surface area contributed by atoms with Crippen LogP contribution in [0.15, 0.2) is 24.3 Å². The number of benzene rings is 1. The van der Waals surface area contributed by atoms with Gasteiger partial charge in [0.1, 0.15) is 0 Å². The van der Waals surface area contributed by atoms with Crippen molar-refractivity contribution in [3.05, 3.63) is 30.0 Å². The van der Waals surface area contributed by atoms with Crippen LogP contribution >= 0.6 is 0 Å². The highest BCUT2D eigenvalue weighted by atomic mass is 15.1. The van der Waals surface area contributed by atoms with E-state index in [1.54, 1.807) is 0 Å². The summed E-state index contributed by atoms with van der Waals surface area (Å²) in [6, 6.07) is 8.94. The summed E-state index contributed by atoms with van der Waals surface area (Å²) < 4.78 is 2.18. The largest absolute Gasteiger partial charge is 0.372 e. The highest BCUT2D eigenvalue weighted by Crippen LogP contribution is 2.26. The van der Waals surface area contributed by atoms with E-state index in [9.17, 15) is 0 Å². The molecule has 2 N–H and O–H groups in total. The van der Waals surface area contributed by atoms with Crippen LogP contribution in [0.1, 0.15) is 18.5 Å². The van der Waals surface area contributed by atoms with Gasteiger partial charge in [0.2, 0.25) is 0 Å². The maximum Gasteiger partial charge on any atom is 0.0481 e. The summed E-state index contributed by atoms with van der Waals surface area (Å²) in [5.74, 6) is 0. The lowest BCUT2D eigenvalue weighted by molar-refractivity contribution is 0.849. The van der Waals surface area contributed by atoms with Crippen molar-refractivity contribution in [2.75, 3.05) is 18.0 Å². The van der Waals surface area contributed by atoms with E-state index in [4.69, 9.17) is 5.73 Å². The first-order valence-corrected chi connectivity index (χ1v) is 6.33. The normalized spacial score (nSPS) is 16.0. The molecule has 3 heteroatoms. The maximum absolute atomic E-state index is 5.74. The molecule has 0 atom stereocenters. The fourth-order valence-corrected chi connectivity index (χ4v) is 2.76. The highest BCUT2D eigenvalue weighted by molar-refractivity contribution is 5.85. The first-order valence-electron chi connectivity index (χ1n) is 6.33. The Hall–Kier alpha value is -1.48. The first-order chi connectivity index (χ1) is 8.29. The summed E-state index contributed by atoms with van der Waals surface area (Å²) in [6.45, 7) is 2.99. The van der Waals surface area contributed by atoms with Crippen LogP contribution in [-0.2, 0) is 13.6 Å². The van der Waals surface area contributed by atoms with Crippen molar-refractivity contribution in [2.45, 2.75) is 19.4 Å². The van der Waals surface area contributed by atoms with Gasteiger partial charge in [-0.1, -0.05) is 0 Å². The van der Waals surface area contributed by atoms with Crippen molar-refractivity contribution in [3.63, 3.8) is 0 Å². The Morgan fingerprint density at radius 1 is 1.18 bits per heavy atom. The molecule has 1 aliphatic heterocycles. The molecule has 2 aromatic rings. The molecule has 0 aliphatic carbocycles. The monoisotopic (exact) mass is 229 g/mol. The van der Waals surface area contributed by atoms with Crippen molar-refractivity contribution in [3.8, 4) is 0 Å². The highest BCUT2D eigenvalue weighted by Gasteiger charge is 2.13. The predicted molar refractivity (Wildman–Crippen MR) is 72.3 cm³/mol.